The van der Waals surface area contributed by atoms with Gasteiger partial charge in [0.15, 0.2) is 18.4 Å². The third kappa shape index (κ3) is 6.51. The predicted molar refractivity (Wildman–Crippen MR) is 41.0 cm³/mol. The number of aliphatic hydroxyl groups is 3. The molecular formula is C7H16O5. The predicted octanol–water partition coefficient (Wildman–Crippen LogP) is -0.595. The molecule has 0 heterocycles. The summed E-state index contributed by atoms with van der Waals surface area (Å²) in [6.45, 7) is 3.92. The molecule has 0 rings (SSSR count). The van der Waals surface area contributed by atoms with Crippen molar-refractivity contribution in [2.75, 3.05) is 6.61 Å². The van der Waals surface area contributed by atoms with Gasteiger partial charge in [0.2, 0.25) is 0 Å². The topological polar surface area (TPSA) is 79.2 Å². The van der Waals surface area contributed by atoms with Gasteiger partial charge in [-0.25, -0.2) is 0 Å². The first kappa shape index (κ1) is 11.8. The maximum Gasteiger partial charge on any atom is 0.189 e. The summed E-state index contributed by atoms with van der Waals surface area (Å²) in [5.41, 5.74) is 0. The molecular weight excluding hydrogens is 164 g/mol. The van der Waals surface area contributed by atoms with E-state index in [-0.39, 0.29) is 6.61 Å². The van der Waals surface area contributed by atoms with Crippen molar-refractivity contribution in [3.63, 3.8) is 0 Å². The fourth-order valence-electron chi connectivity index (χ4n) is 0.677. The van der Waals surface area contributed by atoms with E-state index in [1.807, 2.05) is 0 Å². The Labute approximate surface area is 71.5 Å². The van der Waals surface area contributed by atoms with Crippen LogP contribution >= 0.6 is 0 Å². The molecule has 0 aliphatic heterocycles. The Kier molecular flexibility index (Phi) is 4.66. The SMILES string of the molecule is CC(O)OCC(C)(O)OC(C)O. The average molecular weight is 180 g/mol. The lowest BCUT2D eigenvalue weighted by Gasteiger charge is -2.25. The molecule has 5 heteroatoms. The van der Waals surface area contributed by atoms with Gasteiger partial charge in [-0.1, -0.05) is 0 Å². The van der Waals surface area contributed by atoms with Crippen LogP contribution in [0.2, 0.25) is 0 Å². The van der Waals surface area contributed by atoms with Crippen LogP contribution in [0.1, 0.15) is 20.8 Å². The first-order valence-electron chi connectivity index (χ1n) is 3.71. The summed E-state index contributed by atoms with van der Waals surface area (Å²) in [7, 11) is 0. The van der Waals surface area contributed by atoms with Crippen molar-refractivity contribution in [2.24, 2.45) is 0 Å². The normalized spacial score (nSPS) is 21.5. The van der Waals surface area contributed by atoms with E-state index in [0.717, 1.165) is 0 Å². The summed E-state index contributed by atoms with van der Waals surface area (Å²) >= 11 is 0. The third-order valence-electron chi connectivity index (χ3n) is 1.02. The molecule has 0 radical (unpaired) electrons. The molecule has 0 aromatic rings. The molecule has 0 aromatic carbocycles. The lowest BCUT2D eigenvalue weighted by Crippen LogP contribution is -2.38. The zero-order chi connectivity index (χ0) is 9.78. The summed E-state index contributed by atoms with van der Waals surface area (Å²) in [4.78, 5) is 0. The van der Waals surface area contributed by atoms with Crippen LogP contribution in [0.25, 0.3) is 0 Å². The number of hydrogen-bond donors (Lipinski definition) is 3. The summed E-state index contributed by atoms with van der Waals surface area (Å²) in [5.74, 6) is -1.58. The van der Waals surface area contributed by atoms with Gasteiger partial charge in [-0.2, -0.15) is 0 Å². The molecule has 5 nitrogen and oxygen atoms in total. The fraction of sp³-hybridized carbons (Fsp3) is 1.00. The number of hydrogen-bond acceptors (Lipinski definition) is 5. The summed E-state index contributed by atoms with van der Waals surface area (Å²) in [5, 5.41) is 26.8. The molecule has 3 unspecified atom stereocenters. The van der Waals surface area contributed by atoms with E-state index in [1.54, 1.807) is 0 Å². The van der Waals surface area contributed by atoms with Crippen molar-refractivity contribution in [2.45, 2.75) is 39.1 Å². The highest BCUT2D eigenvalue weighted by atomic mass is 16.7. The fourth-order valence-corrected chi connectivity index (χ4v) is 0.677. The largest absolute Gasteiger partial charge is 0.368 e. The van der Waals surface area contributed by atoms with Crippen LogP contribution < -0.4 is 0 Å². The van der Waals surface area contributed by atoms with Gasteiger partial charge in [-0.3, -0.25) is 0 Å². The molecule has 0 bridgehead atoms. The van der Waals surface area contributed by atoms with Crippen LogP contribution in [-0.2, 0) is 9.47 Å². The maximum absolute atomic E-state index is 9.32. The van der Waals surface area contributed by atoms with Crippen LogP contribution in [-0.4, -0.2) is 40.3 Å². The Bertz CT molecular complexity index is 121. The first-order valence-corrected chi connectivity index (χ1v) is 3.71. The minimum Gasteiger partial charge on any atom is -0.368 e. The molecule has 3 atom stereocenters. The number of aliphatic hydroxyl groups excluding tert-OH is 2. The van der Waals surface area contributed by atoms with Crippen LogP contribution in [0, 0.1) is 0 Å². The van der Waals surface area contributed by atoms with E-state index >= 15 is 0 Å². The quantitative estimate of drug-likeness (QED) is 0.492. The number of ether oxygens (including phenoxy) is 2. The molecule has 0 saturated carbocycles. The monoisotopic (exact) mass is 180 g/mol. The van der Waals surface area contributed by atoms with Gasteiger partial charge in [0.25, 0.3) is 0 Å². The highest BCUT2D eigenvalue weighted by Crippen LogP contribution is 2.09. The minimum atomic E-state index is -1.58. The van der Waals surface area contributed by atoms with Crippen LogP contribution in [0.3, 0.4) is 0 Å². The van der Waals surface area contributed by atoms with Gasteiger partial charge in [0.1, 0.15) is 6.61 Å². The molecule has 74 valence electrons. The van der Waals surface area contributed by atoms with Crippen molar-refractivity contribution >= 4 is 0 Å². The van der Waals surface area contributed by atoms with Gasteiger partial charge >= 0.3 is 0 Å². The van der Waals surface area contributed by atoms with Gasteiger partial charge < -0.3 is 24.8 Å². The lowest BCUT2D eigenvalue weighted by atomic mass is 10.3. The highest BCUT2D eigenvalue weighted by molar-refractivity contribution is 4.58. The van der Waals surface area contributed by atoms with E-state index in [2.05, 4.69) is 9.47 Å². The van der Waals surface area contributed by atoms with Crippen LogP contribution in [0.5, 0.6) is 0 Å². The van der Waals surface area contributed by atoms with Crippen molar-refractivity contribution in [1.82, 2.24) is 0 Å². The second-order valence-electron chi connectivity index (χ2n) is 2.80. The van der Waals surface area contributed by atoms with E-state index in [4.69, 9.17) is 10.2 Å². The molecule has 0 fully saturated rings. The second-order valence-corrected chi connectivity index (χ2v) is 2.80. The number of rotatable bonds is 5. The zero-order valence-corrected chi connectivity index (χ0v) is 7.52. The van der Waals surface area contributed by atoms with Gasteiger partial charge in [0.05, 0.1) is 0 Å². The van der Waals surface area contributed by atoms with Crippen molar-refractivity contribution in [3.05, 3.63) is 0 Å². The Hall–Kier alpha value is -0.200. The van der Waals surface area contributed by atoms with Gasteiger partial charge in [-0.15, -0.1) is 0 Å². The van der Waals surface area contributed by atoms with Crippen LogP contribution in [0.15, 0.2) is 0 Å². The Morgan fingerprint density at radius 2 is 1.75 bits per heavy atom. The standard InChI is InChI=1S/C7H16O5/c1-5(8)11-4-7(3,10)12-6(2)9/h5-6,8-10H,4H2,1-3H3. The van der Waals surface area contributed by atoms with E-state index in [0.29, 0.717) is 0 Å². The van der Waals surface area contributed by atoms with Crippen molar-refractivity contribution in [3.8, 4) is 0 Å². The van der Waals surface area contributed by atoms with E-state index in [9.17, 15) is 5.11 Å². The second kappa shape index (κ2) is 4.74. The molecule has 0 saturated heterocycles. The molecule has 12 heavy (non-hydrogen) atoms. The summed E-state index contributed by atoms with van der Waals surface area (Å²) < 4.78 is 9.34. The van der Waals surface area contributed by atoms with Gasteiger partial charge in [0, 0.05) is 0 Å². The van der Waals surface area contributed by atoms with Crippen molar-refractivity contribution < 1.29 is 24.8 Å². The maximum atomic E-state index is 9.32. The minimum absolute atomic E-state index is 0.199. The van der Waals surface area contributed by atoms with E-state index < -0.39 is 18.4 Å². The Morgan fingerprint density at radius 1 is 1.25 bits per heavy atom. The summed E-state index contributed by atoms with van der Waals surface area (Å²) in [6.07, 6.45) is -2.04. The Balaban J connectivity index is 3.71. The molecule has 0 spiro atoms. The van der Waals surface area contributed by atoms with E-state index in [1.165, 1.54) is 20.8 Å². The van der Waals surface area contributed by atoms with Crippen molar-refractivity contribution in [1.29, 1.82) is 0 Å². The molecule has 0 aliphatic rings. The molecule has 0 aliphatic carbocycles. The van der Waals surface area contributed by atoms with Crippen LogP contribution in [0.4, 0.5) is 0 Å². The third-order valence-corrected chi connectivity index (χ3v) is 1.02. The average Bonchev–Trinajstić information content (AvgIpc) is 1.81. The lowest BCUT2D eigenvalue weighted by molar-refractivity contribution is -0.293. The summed E-state index contributed by atoms with van der Waals surface area (Å²) in [6, 6.07) is 0. The Morgan fingerprint density at radius 3 is 2.08 bits per heavy atom. The zero-order valence-electron chi connectivity index (χ0n) is 7.52. The highest BCUT2D eigenvalue weighted by Gasteiger charge is 2.24. The van der Waals surface area contributed by atoms with Gasteiger partial charge in [-0.05, 0) is 20.8 Å². The molecule has 0 amide bonds. The smallest absolute Gasteiger partial charge is 0.189 e. The first-order chi connectivity index (χ1) is 5.33. The molecule has 3 N–H and O–H groups in total. The molecule has 0 aromatic heterocycles.